The van der Waals surface area contributed by atoms with Gasteiger partial charge in [0.05, 0.1) is 12.0 Å². The molecule has 0 aromatic heterocycles. The van der Waals surface area contributed by atoms with Crippen LogP contribution in [0.15, 0.2) is 0 Å². The third-order valence-electron chi connectivity index (χ3n) is 2.46. The Labute approximate surface area is 79.9 Å². The van der Waals surface area contributed by atoms with E-state index in [1.165, 1.54) is 0 Å². The van der Waals surface area contributed by atoms with Gasteiger partial charge in [-0.2, -0.15) is 0 Å². The van der Waals surface area contributed by atoms with Crippen LogP contribution in [0, 0.1) is 11.8 Å². The van der Waals surface area contributed by atoms with Crippen LogP contribution in [0.3, 0.4) is 0 Å². The molecule has 0 aliphatic heterocycles. The Kier molecular flexibility index (Phi) is 3.53. The summed E-state index contributed by atoms with van der Waals surface area (Å²) in [4.78, 5) is 10.7. The van der Waals surface area contributed by atoms with Crippen LogP contribution in [-0.2, 0) is 4.79 Å². The standard InChI is InChI=1S/C8H13BrO3/c9-4-5-1-2-7(10)6(3-5)8(11)12/h5-7,10H,1-4H2,(H,11,12). The number of hydrogen-bond donors (Lipinski definition) is 2. The van der Waals surface area contributed by atoms with Crippen LogP contribution in [0.25, 0.3) is 0 Å². The monoisotopic (exact) mass is 236 g/mol. The van der Waals surface area contributed by atoms with E-state index in [1.807, 2.05) is 0 Å². The van der Waals surface area contributed by atoms with Gasteiger partial charge in [-0.15, -0.1) is 0 Å². The van der Waals surface area contributed by atoms with Crippen LogP contribution in [0.2, 0.25) is 0 Å². The molecule has 0 spiro atoms. The Hall–Kier alpha value is -0.0900. The molecule has 1 fully saturated rings. The normalized spacial score (nSPS) is 36.3. The van der Waals surface area contributed by atoms with Crippen LogP contribution in [0.5, 0.6) is 0 Å². The fourth-order valence-electron chi connectivity index (χ4n) is 1.65. The number of carboxylic acid groups (broad SMARTS) is 1. The van der Waals surface area contributed by atoms with E-state index in [4.69, 9.17) is 5.11 Å². The quantitative estimate of drug-likeness (QED) is 0.710. The molecule has 1 aliphatic rings. The number of halogens is 1. The highest BCUT2D eigenvalue weighted by molar-refractivity contribution is 9.09. The lowest BCUT2D eigenvalue weighted by Crippen LogP contribution is -2.35. The first-order valence-corrected chi connectivity index (χ1v) is 5.24. The predicted molar refractivity (Wildman–Crippen MR) is 48.3 cm³/mol. The molecule has 0 heterocycles. The van der Waals surface area contributed by atoms with Crippen LogP contribution < -0.4 is 0 Å². The van der Waals surface area contributed by atoms with Crippen molar-refractivity contribution in [2.45, 2.75) is 25.4 Å². The minimum Gasteiger partial charge on any atom is -0.481 e. The molecular weight excluding hydrogens is 224 g/mol. The zero-order valence-corrected chi connectivity index (χ0v) is 8.33. The molecule has 0 aromatic rings. The van der Waals surface area contributed by atoms with Crippen molar-refractivity contribution >= 4 is 21.9 Å². The van der Waals surface area contributed by atoms with Gasteiger partial charge in [0.2, 0.25) is 0 Å². The van der Waals surface area contributed by atoms with E-state index >= 15 is 0 Å². The number of aliphatic hydroxyl groups is 1. The maximum atomic E-state index is 10.7. The van der Waals surface area contributed by atoms with Crippen molar-refractivity contribution < 1.29 is 15.0 Å². The van der Waals surface area contributed by atoms with E-state index in [0.717, 1.165) is 11.8 Å². The van der Waals surface area contributed by atoms with E-state index < -0.39 is 18.0 Å². The van der Waals surface area contributed by atoms with Gasteiger partial charge in [-0.3, -0.25) is 4.79 Å². The Morgan fingerprint density at radius 2 is 2.17 bits per heavy atom. The van der Waals surface area contributed by atoms with Gasteiger partial charge >= 0.3 is 5.97 Å². The van der Waals surface area contributed by atoms with Crippen molar-refractivity contribution in [2.24, 2.45) is 11.8 Å². The second-order valence-electron chi connectivity index (χ2n) is 3.35. The lowest BCUT2D eigenvalue weighted by molar-refractivity contribution is -0.148. The van der Waals surface area contributed by atoms with E-state index in [-0.39, 0.29) is 0 Å². The third kappa shape index (κ3) is 2.20. The average molecular weight is 237 g/mol. The molecule has 70 valence electrons. The summed E-state index contributed by atoms with van der Waals surface area (Å²) in [5.74, 6) is -1.01. The number of aliphatic hydroxyl groups excluding tert-OH is 1. The third-order valence-corrected chi connectivity index (χ3v) is 3.37. The van der Waals surface area contributed by atoms with Crippen molar-refractivity contribution in [3.8, 4) is 0 Å². The Balaban J connectivity index is 2.53. The summed E-state index contributed by atoms with van der Waals surface area (Å²) in [6.07, 6.45) is 1.50. The first kappa shape index (κ1) is 9.99. The maximum Gasteiger partial charge on any atom is 0.309 e. The molecule has 0 amide bonds. The number of carbonyl (C=O) groups is 1. The summed E-state index contributed by atoms with van der Waals surface area (Å²) in [6.45, 7) is 0. The molecule has 12 heavy (non-hydrogen) atoms. The summed E-state index contributed by atoms with van der Waals surface area (Å²) >= 11 is 3.33. The molecule has 0 radical (unpaired) electrons. The minimum absolute atomic E-state index is 0.412. The second kappa shape index (κ2) is 4.23. The zero-order valence-electron chi connectivity index (χ0n) is 6.74. The van der Waals surface area contributed by atoms with Crippen molar-refractivity contribution in [3.05, 3.63) is 0 Å². The van der Waals surface area contributed by atoms with Crippen molar-refractivity contribution in [3.63, 3.8) is 0 Å². The molecule has 0 aromatic carbocycles. The highest BCUT2D eigenvalue weighted by atomic mass is 79.9. The lowest BCUT2D eigenvalue weighted by Gasteiger charge is -2.29. The molecule has 3 unspecified atom stereocenters. The summed E-state index contributed by atoms with van der Waals surface area (Å²) in [6, 6.07) is 0. The van der Waals surface area contributed by atoms with E-state index in [1.54, 1.807) is 0 Å². The van der Waals surface area contributed by atoms with Crippen LogP contribution >= 0.6 is 15.9 Å². The SMILES string of the molecule is O=C(O)C1CC(CBr)CCC1O. The largest absolute Gasteiger partial charge is 0.481 e. The first-order valence-electron chi connectivity index (χ1n) is 4.12. The zero-order chi connectivity index (χ0) is 9.14. The van der Waals surface area contributed by atoms with E-state index in [9.17, 15) is 9.90 Å². The van der Waals surface area contributed by atoms with Gasteiger partial charge in [0.25, 0.3) is 0 Å². The van der Waals surface area contributed by atoms with Gasteiger partial charge in [0, 0.05) is 5.33 Å². The van der Waals surface area contributed by atoms with Gasteiger partial charge in [0.15, 0.2) is 0 Å². The molecule has 4 heteroatoms. The molecular formula is C8H13BrO3. The van der Waals surface area contributed by atoms with Gasteiger partial charge in [-0.1, -0.05) is 15.9 Å². The fraction of sp³-hybridized carbons (Fsp3) is 0.875. The topological polar surface area (TPSA) is 57.5 Å². The summed E-state index contributed by atoms with van der Waals surface area (Å²) in [5.41, 5.74) is 0. The summed E-state index contributed by atoms with van der Waals surface area (Å²) < 4.78 is 0. The molecule has 1 saturated carbocycles. The predicted octanol–water partition coefficient (Wildman–Crippen LogP) is 1.24. The van der Waals surface area contributed by atoms with Crippen LogP contribution in [0.4, 0.5) is 0 Å². The number of aliphatic carboxylic acids is 1. The average Bonchev–Trinajstić information content (AvgIpc) is 2.05. The lowest BCUT2D eigenvalue weighted by atomic mass is 9.80. The van der Waals surface area contributed by atoms with Crippen molar-refractivity contribution in [1.82, 2.24) is 0 Å². The number of alkyl halides is 1. The number of rotatable bonds is 2. The number of hydrogen-bond acceptors (Lipinski definition) is 2. The molecule has 1 aliphatic carbocycles. The fourth-order valence-corrected chi connectivity index (χ4v) is 2.24. The van der Waals surface area contributed by atoms with Gasteiger partial charge in [0.1, 0.15) is 0 Å². The molecule has 2 N–H and O–H groups in total. The van der Waals surface area contributed by atoms with Gasteiger partial charge in [-0.25, -0.2) is 0 Å². The Morgan fingerprint density at radius 1 is 1.50 bits per heavy atom. The molecule has 1 rings (SSSR count). The summed E-state index contributed by atoms with van der Waals surface area (Å²) in [5, 5.41) is 18.9. The van der Waals surface area contributed by atoms with E-state index in [2.05, 4.69) is 15.9 Å². The molecule has 0 saturated heterocycles. The maximum absolute atomic E-state index is 10.7. The van der Waals surface area contributed by atoms with Crippen molar-refractivity contribution in [1.29, 1.82) is 0 Å². The van der Waals surface area contributed by atoms with Crippen molar-refractivity contribution in [2.75, 3.05) is 5.33 Å². The van der Waals surface area contributed by atoms with Crippen LogP contribution in [-0.4, -0.2) is 27.6 Å². The molecule has 3 atom stereocenters. The van der Waals surface area contributed by atoms with Gasteiger partial charge in [-0.05, 0) is 25.2 Å². The van der Waals surface area contributed by atoms with Crippen LogP contribution in [0.1, 0.15) is 19.3 Å². The minimum atomic E-state index is -0.867. The highest BCUT2D eigenvalue weighted by Crippen LogP contribution is 2.30. The second-order valence-corrected chi connectivity index (χ2v) is 3.99. The summed E-state index contributed by atoms with van der Waals surface area (Å²) in [7, 11) is 0. The Morgan fingerprint density at radius 3 is 2.67 bits per heavy atom. The first-order chi connectivity index (χ1) is 5.65. The smallest absolute Gasteiger partial charge is 0.309 e. The van der Waals surface area contributed by atoms with Gasteiger partial charge < -0.3 is 10.2 Å². The molecule has 3 nitrogen and oxygen atoms in total. The number of carboxylic acids is 1. The molecule has 0 bridgehead atoms. The van der Waals surface area contributed by atoms with E-state index in [0.29, 0.717) is 18.8 Å². The highest BCUT2D eigenvalue weighted by Gasteiger charge is 2.33. The Bertz CT molecular complexity index is 172.